The van der Waals surface area contributed by atoms with Gasteiger partial charge in [-0.05, 0) is 26.8 Å². The second-order valence-electron chi connectivity index (χ2n) is 4.33. The van der Waals surface area contributed by atoms with E-state index in [0.29, 0.717) is 0 Å². The quantitative estimate of drug-likeness (QED) is 0.723. The maximum Gasteiger partial charge on any atom is 0.195 e. The van der Waals surface area contributed by atoms with Crippen LogP contribution in [0.15, 0.2) is 10.6 Å². The highest BCUT2D eigenvalue weighted by Crippen LogP contribution is 2.24. The van der Waals surface area contributed by atoms with E-state index in [9.17, 15) is 0 Å². The van der Waals surface area contributed by atoms with Gasteiger partial charge >= 0.3 is 0 Å². The van der Waals surface area contributed by atoms with E-state index in [1.54, 1.807) is 13.3 Å². The summed E-state index contributed by atoms with van der Waals surface area (Å²) >= 11 is 0. The van der Waals surface area contributed by atoms with Crippen LogP contribution in [0.3, 0.4) is 0 Å². The third kappa shape index (κ3) is 3.61. The van der Waals surface area contributed by atoms with E-state index in [1.807, 2.05) is 13.8 Å². The predicted molar refractivity (Wildman–Crippen MR) is 63.4 cm³/mol. The summed E-state index contributed by atoms with van der Waals surface area (Å²) in [4.78, 5) is 4.24. The zero-order chi connectivity index (χ0) is 12.0. The van der Waals surface area contributed by atoms with Crippen LogP contribution in [-0.2, 0) is 16.8 Å². The summed E-state index contributed by atoms with van der Waals surface area (Å²) in [7, 11) is 1.67. The summed E-state index contributed by atoms with van der Waals surface area (Å²) in [5.41, 5.74) is -0.401. The van der Waals surface area contributed by atoms with E-state index in [2.05, 4.69) is 17.2 Å². The van der Waals surface area contributed by atoms with Gasteiger partial charge < -0.3 is 14.5 Å². The lowest BCUT2D eigenvalue weighted by molar-refractivity contribution is 0.000115. The van der Waals surface area contributed by atoms with E-state index in [0.717, 1.165) is 37.6 Å². The van der Waals surface area contributed by atoms with Crippen molar-refractivity contribution in [2.45, 2.75) is 39.2 Å². The number of nitrogens with one attached hydrogen (secondary N) is 1. The van der Waals surface area contributed by atoms with Crippen molar-refractivity contribution < 1.29 is 9.15 Å². The molecule has 0 fully saturated rings. The number of aromatic nitrogens is 1. The lowest BCUT2D eigenvalue weighted by Crippen LogP contribution is -2.19. The number of rotatable bonds is 7. The number of methoxy groups -OCH3 is 1. The summed E-state index contributed by atoms with van der Waals surface area (Å²) in [5.74, 6) is 1.55. The molecule has 0 saturated carbocycles. The molecule has 0 aliphatic heterocycles. The molecule has 0 bridgehead atoms. The molecular weight excluding hydrogens is 204 g/mol. The molecule has 0 aliphatic rings. The van der Waals surface area contributed by atoms with Gasteiger partial charge in [0.05, 0.1) is 6.20 Å². The first kappa shape index (κ1) is 13.2. The van der Waals surface area contributed by atoms with Crippen LogP contribution in [0.25, 0.3) is 0 Å². The summed E-state index contributed by atoms with van der Waals surface area (Å²) in [5, 5.41) is 3.31. The van der Waals surface area contributed by atoms with Crippen molar-refractivity contribution in [2.24, 2.45) is 0 Å². The van der Waals surface area contributed by atoms with Gasteiger partial charge in [-0.1, -0.05) is 6.92 Å². The minimum absolute atomic E-state index is 0.401. The van der Waals surface area contributed by atoms with Crippen molar-refractivity contribution in [1.82, 2.24) is 10.3 Å². The fourth-order valence-electron chi connectivity index (χ4n) is 1.30. The van der Waals surface area contributed by atoms with Gasteiger partial charge in [0.25, 0.3) is 0 Å². The number of oxazole rings is 1. The van der Waals surface area contributed by atoms with Gasteiger partial charge in [0.2, 0.25) is 0 Å². The lowest BCUT2D eigenvalue weighted by Gasteiger charge is -2.18. The van der Waals surface area contributed by atoms with Gasteiger partial charge in [-0.15, -0.1) is 0 Å². The number of ether oxygens (including phenoxy) is 1. The highest BCUT2D eigenvalue weighted by Gasteiger charge is 2.24. The molecule has 0 unspecified atom stereocenters. The third-order valence-electron chi connectivity index (χ3n) is 2.60. The minimum Gasteiger partial charge on any atom is -0.443 e. The average Bonchev–Trinajstić information content (AvgIpc) is 2.74. The summed E-state index contributed by atoms with van der Waals surface area (Å²) < 4.78 is 11.0. The fraction of sp³-hybridized carbons (Fsp3) is 0.750. The second-order valence-corrected chi connectivity index (χ2v) is 4.33. The molecule has 16 heavy (non-hydrogen) atoms. The van der Waals surface area contributed by atoms with Gasteiger partial charge in [-0.2, -0.15) is 0 Å². The van der Waals surface area contributed by atoms with Crippen LogP contribution in [0, 0.1) is 0 Å². The van der Waals surface area contributed by atoms with E-state index in [4.69, 9.17) is 9.15 Å². The Morgan fingerprint density at radius 1 is 1.44 bits per heavy atom. The molecule has 0 aromatic carbocycles. The molecule has 1 aromatic rings. The zero-order valence-corrected chi connectivity index (χ0v) is 10.7. The first-order chi connectivity index (χ1) is 7.60. The van der Waals surface area contributed by atoms with Crippen molar-refractivity contribution in [1.29, 1.82) is 0 Å². The Balaban J connectivity index is 2.45. The Bertz CT molecular complexity index is 308. The molecule has 0 amide bonds. The Kier molecular flexibility index (Phi) is 4.96. The average molecular weight is 226 g/mol. The highest BCUT2D eigenvalue weighted by molar-refractivity contribution is 5.03. The molecule has 4 heteroatoms. The Morgan fingerprint density at radius 2 is 2.19 bits per heavy atom. The second kappa shape index (κ2) is 6.01. The molecule has 0 spiro atoms. The fourth-order valence-corrected chi connectivity index (χ4v) is 1.30. The van der Waals surface area contributed by atoms with Crippen LogP contribution < -0.4 is 5.32 Å². The van der Waals surface area contributed by atoms with Gasteiger partial charge in [0.1, 0.15) is 5.60 Å². The molecule has 0 aliphatic carbocycles. The molecule has 1 aromatic heterocycles. The monoisotopic (exact) mass is 226 g/mol. The minimum atomic E-state index is -0.401. The number of nitrogens with zero attached hydrogens (tertiary/aromatic N) is 1. The SMILES string of the molecule is CCCNCCc1ncc(C(C)(C)OC)o1. The lowest BCUT2D eigenvalue weighted by atomic mass is 10.1. The van der Waals surface area contributed by atoms with E-state index in [1.165, 1.54) is 0 Å². The molecule has 92 valence electrons. The molecule has 0 saturated heterocycles. The van der Waals surface area contributed by atoms with Crippen molar-refractivity contribution in [3.05, 3.63) is 17.8 Å². The summed E-state index contributed by atoms with van der Waals surface area (Å²) in [6.45, 7) is 8.02. The highest BCUT2D eigenvalue weighted by atomic mass is 16.5. The third-order valence-corrected chi connectivity index (χ3v) is 2.60. The first-order valence-electron chi connectivity index (χ1n) is 5.81. The Labute approximate surface area is 97.4 Å². The van der Waals surface area contributed by atoms with Crippen LogP contribution in [0.4, 0.5) is 0 Å². The van der Waals surface area contributed by atoms with Gasteiger partial charge in [-0.25, -0.2) is 4.98 Å². The Hall–Kier alpha value is -0.870. The van der Waals surface area contributed by atoms with Crippen LogP contribution in [0.2, 0.25) is 0 Å². The largest absolute Gasteiger partial charge is 0.443 e. The number of hydrogen-bond acceptors (Lipinski definition) is 4. The molecule has 0 radical (unpaired) electrons. The van der Waals surface area contributed by atoms with Crippen LogP contribution in [-0.4, -0.2) is 25.2 Å². The zero-order valence-electron chi connectivity index (χ0n) is 10.7. The topological polar surface area (TPSA) is 47.3 Å². The van der Waals surface area contributed by atoms with Crippen molar-refractivity contribution >= 4 is 0 Å². The van der Waals surface area contributed by atoms with E-state index in [-0.39, 0.29) is 0 Å². The van der Waals surface area contributed by atoms with Gasteiger partial charge in [0.15, 0.2) is 11.7 Å². The van der Waals surface area contributed by atoms with Crippen LogP contribution in [0.5, 0.6) is 0 Å². The van der Waals surface area contributed by atoms with Gasteiger partial charge in [0, 0.05) is 20.1 Å². The predicted octanol–water partition coefficient (Wildman–Crippen LogP) is 2.10. The van der Waals surface area contributed by atoms with Crippen LogP contribution in [0.1, 0.15) is 38.8 Å². The van der Waals surface area contributed by atoms with Crippen molar-refractivity contribution in [3.63, 3.8) is 0 Å². The smallest absolute Gasteiger partial charge is 0.195 e. The molecule has 0 atom stereocenters. The number of hydrogen-bond donors (Lipinski definition) is 1. The molecule has 1 heterocycles. The molecule has 1 N–H and O–H groups in total. The van der Waals surface area contributed by atoms with E-state index < -0.39 is 5.60 Å². The van der Waals surface area contributed by atoms with Crippen molar-refractivity contribution in [3.8, 4) is 0 Å². The normalized spacial score (nSPS) is 12.0. The van der Waals surface area contributed by atoms with E-state index >= 15 is 0 Å². The van der Waals surface area contributed by atoms with Crippen LogP contribution >= 0.6 is 0 Å². The van der Waals surface area contributed by atoms with Crippen molar-refractivity contribution in [2.75, 3.05) is 20.2 Å². The Morgan fingerprint density at radius 3 is 2.81 bits per heavy atom. The summed E-state index contributed by atoms with van der Waals surface area (Å²) in [6.07, 6.45) is 3.71. The maximum absolute atomic E-state index is 5.64. The molecule has 4 nitrogen and oxygen atoms in total. The maximum atomic E-state index is 5.64. The standard InChI is InChI=1S/C12H22N2O2/c1-5-7-13-8-6-11-14-9-10(16-11)12(2,3)15-4/h9,13H,5-8H2,1-4H3. The first-order valence-corrected chi connectivity index (χ1v) is 5.81. The van der Waals surface area contributed by atoms with Gasteiger partial charge in [-0.3, -0.25) is 0 Å². The molecular formula is C12H22N2O2. The molecule has 1 rings (SSSR count). The summed E-state index contributed by atoms with van der Waals surface area (Å²) in [6, 6.07) is 0.